The lowest BCUT2D eigenvalue weighted by atomic mass is 10.0. The van der Waals surface area contributed by atoms with E-state index in [4.69, 9.17) is 4.52 Å². The summed E-state index contributed by atoms with van der Waals surface area (Å²) in [6.07, 6.45) is 0.648. The van der Waals surface area contributed by atoms with Gasteiger partial charge in [-0.25, -0.2) is 4.79 Å². The van der Waals surface area contributed by atoms with Gasteiger partial charge < -0.3 is 24.1 Å². The van der Waals surface area contributed by atoms with Gasteiger partial charge in [0.25, 0.3) is 5.91 Å². The first-order chi connectivity index (χ1) is 18.9. The molecule has 9 heteroatoms. The van der Waals surface area contributed by atoms with E-state index in [0.29, 0.717) is 13.0 Å². The summed E-state index contributed by atoms with van der Waals surface area (Å²) in [5.74, 6) is -0.298. The van der Waals surface area contributed by atoms with E-state index >= 15 is 0 Å². The number of aromatic nitrogens is 3. The van der Waals surface area contributed by atoms with Gasteiger partial charge in [0.2, 0.25) is 11.4 Å². The molecular weight excluding hydrogens is 494 g/mol. The Bertz CT molecular complexity index is 1660. The van der Waals surface area contributed by atoms with Gasteiger partial charge in [0.1, 0.15) is 0 Å². The average molecular weight is 524 g/mol. The zero-order chi connectivity index (χ0) is 27.4. The molecule has 9 nitrogen and oxygen atoms in total. The highest BCUT2D eigenvalue weighted by Crippen LogP contribution is 2.22. The second kappa shape index (κ2) is 11.2. The summed E-state index contributed by atoms with van der Waals surface area (Å²) >= 11 is 0. The number of rotatable bonds is 8. The third-order valence-electron chi connectivity index (χ3n) is 6.66. The Morgan fingerprint density at radius 3 is 2.18 bits per heavy atom. The Hall–Kier alpha value is -4.92. The van der Waals surface area contributed by atoms with E-state index in [9.17, 15) is 14.7 Å². The summed E-state index contributed by atoms with van der Waals surface area (Å²) in [6, 6.07) is 25.1. The van der Waals surface area contributed by atoms with Crippen LogP contribution in [-0.4, -0.2) is 37.9 Å². The third kappa shape index (κ3) is 5.82. The van der Waals surface area contributed by atoms with Crippen molar-refractivity contribution in [2.24, 2.45) is 4.99 Å². The number of carbonyl (C=O) groups is 2. The zero-order valence-electron chi connectivity index (χ0n) is 21.7. The number of imidazole rings is 1. The maximum atomic E-state index is 12.8. The topological polar surface area (TPSA) is 115 Å². The van der Waals surface area contributed by atoms with Crippen LogP contribution in [0, 0.1) is 13.8 Å². The molecular formula is C30H29N5O4. The number of amides is 2. The second-order valence-corrected chi connectivity index (χ2v) is 9.56. The maximum Gasteiger partial charge on any atom is 0.434 e. The predicted molar refractivity (Wildman–Crippen MR) is 147 cm³/mol. The van der Waals surface area contributed by atoms with Crippen LogP contribution in [0.15, 0.2) is 94.6 Å². The monoisotopic (exact) mass is 523 g/mol. The quantitative estimate of drug-likeness (QED) is 0.301. The number of fused-ring (bicyclic) bond motifs is 1. The number of para-hydroxylation sites is 2. The number of benzene rings is 3. The zero-order valence-corrected chi connectivity index (χ0v) is 21.7. The van der Waals surface area contributed by atoms with E-state index in [2.05, 4.69) is 15.5 Å². The molecule has 0 radical (unpaired) electrons. The van der Waals surface area contributed by atoms with E-state index in [1.54, 1.807) is 0 Å². The molecule has 0 spiro atoms. The molecule has 39 heavy (non-hydrogen) atoms. The Balaban J connectivity index is 1.64. The lowest BCUT2D eigenvalue weighted by Gasteiger charge is -2.21. The van der Waals surface area contributed by atoms with Crippen LogP contribution in [0.5, 0.6) is 0 Å². The van der Waals surface area contributed by atoms with Crippen molar-refractivity contribution < 1.29 is 19.2 Å². The molecule has 0 aliphatic carbocycles. The Kier molecular flexibility index (Phi) is 7.40. The molecule has 1 unspecified atom stereocenters. The molecule has 0 bridgehead atoms. The summed E-state index contributed by atoms with van der Waals surface area (Å²) in [5, 5.41) is 16.4. The molecule has 2 aromatic heterocycles. The van der Waals surface area contributed by atoms with Crippen molar-refractivity contribution in [2.45, 2.75) is 32.9 Å². The van der Waals surface area contributed by atoms with Crippen LogP contribution in [0.1, 0.15) is 38.9 Å². The number of nitrogens with one attached hydrogen (secondary N) is 1. The van der Waals surface area contributed by atoms with Crippen LogP contribution in [0.25, 0.3) is 11.0 Å². The van der Waals surface area contributed by atoms with Gasteiger partial charge in [-0.05, 0) is 43.5 Å². The molecule has 1 atom stereocenters. The van der Waals surface area contributed by atoms with Crippen LogP contribution < -0.4 is 10.9 Å². The van der Waals surface area contributed by atoms with Gasteiger partial charge in [0, 0.05) is 12.6 Å². The molecule has 0 aliphatic rings. The second-order valence-electron chi connectivity index (χ2n) is 9.56. The van der Waals surface area contributed by atoms with Crippen molar-refractivity contribution in [3.8, 4) is 0 Å². The number of hydrogen-bond acceptors (Lipinski definition) is 4. The molecule has 5 aromatic rings. The lowest BCUT2D eigenvalue weighted by Crippen LogP contribution is -2.37. The van der Waals surface area contributed by atoms with Crippen molar-refractivity contribution >= 4 is 23.0 Å². The fraction of sp³-hybridized carbons (Fsp3) is 0.200. The van der Waals surface area contributed by atoms with Crippen molar-refractivity contribution in [3.05, 3.63) is 119 Å². The van der Waals surface area contributed by atoms with Crippen molar-refractivity contribution in [1.29, 1.82) is 0 Å². The van der Waals surface area contributed by atoms with Gasteiger partial charge in [-0.2, -0.15) is 0 Å². The van der Waals surface area contributed by atoms with Gasteiger partial charge in [-0.15, -0.1) is 4.99 Å². The highest BCUT2D eigenvalue weighted by atomic mass is 16.5. The largest absolute Gasteiger partial charge is 0.463 e. The van der Waals surface area contributed by atoms with Crippen molar-refractivity contribution in [2.75, 3.05) is 6.54 Å². The summed E-state index contributed by atoms with van der Waals surface area (Å²) in [6.45, 7) is 4.69. The van der Waals surface area contributed by atoms with Gasteiger partial charge in [-0.3, -0.25) is 4.79 Å². The highest BCUT2D eigenvalue weighted by Gasteiger charge is 2.22. The highest BCUT2D eigenvalue weighted by molar-refractivity contribution is 5.91. The van der Waals surface area contributed by atoms with Crippen LogP contribution in [0.3, 0.4) is 0 Å². The van der Waals surface area contributed by atoms with E-state index in [1.165, 1.54) is 12.3 Å². The standard InChI is InChI=1S/C30H29N5O4/c1-20-7-11-22(12-8-20)17-24(18-31-28(36)27-15-16-32-39-27)35-26-6-4-3-5-25(26)34(29(35)33-30(37)38)19-23-13-9-21(2)10-14-23/h3-16,24H,17-19H2,1-2H3,(H,31,36)(H,37,38). The molecule has 2 N–H and O–H groups in total. The molecule has 2 amide bonds. The summed E-state index contributed by atoms with van der Waals surface area (Å²) in [4.78, 5) is 28.8. The van der Waals surface area contributed by atoms with E-state index in [0.717, 1.165) is 33.3 Å². The minimum Gasteiger partial charge on any atom is -0.463 e. The molecule has 0 fully saturated rings. The Morgan fingerprint density at radius 1 is 0.923 bits per heavy atom. The van der Waals surface area contributed by atoms with Crippen LogP contribution in [0.4, 0.5) is 4.79 Å². The Morgan fingerprint density at radius 2 is 1.56 bits per heavy atom. The first kappa shape index (κ1) is 25.7. The number of carboxylic acid groups (broad SMARTS) is 1. The minimum absolute atomic E-state index is 0.103. The molecule has 0 aliphatic heterocycles. The fourth-order valence-corrected chi connectivity index (χ4v) is 4.71. The molecule has 3 aromatic carbocycles. The summed E-state index contributed by atoms with van der Waals surface area (Å²) in [5.41, 5.74) is 6.28. The number of nitrogens with zero attached hydrogens (tertiary/aromatic N) is 4. The maximum absolute atomic E-state index is 12.8. The summed E-state index contributed by atoms with van der Waals surface area (Å²) < 4.78 is 8.85. The lowest BCUT2D eigenvalue weighted by molar-refractivity contribution is 0.0910. The van der Waals surface area contributed by atoms with E-state index < -0.39 is 12.0 Å². The fourth-order valence-electron chi connectivity index (χ4n) is 4.71. The van der Waals surface area contributed by atoms with Gasteiger partial charge in [0.05, 0.1) is 29.8 Å². The number of hydrogen-bond donors (Lipinski definition) is 2. The van der Waals surface area contributed by atoms with E-state index in [-0.39, 0.29) is 24.0 Å². The van der Waals surface area contributed by atoms with Crippen LogP contribution in [-0.2, 0) is 13.0 Å². The third-order valence-corrected chi connectivity index (χ3v) is 6.66. The Labute approximate surface area is 225 Å². The van der Waals surface area contributed by atoms with Gasteiger partial charge in [-0.1, -0.05) is 76.9 Å². The average Bonchev–Trinajstić information content (AvgIpc) is 3.56. The normalized spacial score (nSPS) is 12.5. The SMILES string of the molecule is Cc1ccc(CC(CNC(=O)c2ccno2)n2c(=NC(=O)O)n(Cc3ccc(C)cc3)c3ccccc32)cc1. The molecule has 5 rings (SSSR count). The predicted octanol–water partition coefficient (Wildman–Crippen LogP) is 4.89. The van der Waals surface area contributed by atoms with Crippen molar-refractivity contribution in [3.63, 3.8) is 0 Å². The van der Waals surface area contributed by atoms with Gasteiger partial charge >= 0.3 is 6.09 Å². The first-order valence-electron chi connectivity index (χ1n) is 12.7. The molecule has 0 saturated carbocycles. The number of aryl methyl sites for hydroxylation is 2. The number of carbonyl (C=O) groups excluding carboxylic acids is 1. The summed E-state index contributed by atoms with van der Waals surface area (Å²) in [7, 11) is 0. The first-order valence-corrected chi connectivity index (χ1v) is 12.7. The van der Waals surface area contributed by atoms with E-state index in [1.807, 2.05) is 95.8 Å². The van der Waals surface area contributed by atoms with Crippen LogP contribution in [0.2, 0.25) is 0 Å². The molecule has 0 saturated heterocycles. The van der Waals surface area contributed by atoms with Crippen molar-refractivity contribution in [1.82, 2.24) is 19.6 Å². The smallest absolute Gasteiger partial charge is 0.434 e. The molecule has 198 valence electrons. The van der Waals surface area contributed by atoms with Crippen LogP contribution >= 0.6 is 0 Å². The molecule has 2 heterocycles. The minimum atomic E-state index is -1.29. The van der Waals surface area contributed by atoms with Gasteiger partial charge in [0.15, 0.2) is 0 Å².